The van der Waals surface area contributed by atoms with Gasteiger partial charge in [-0.3, -0.25) is 4.79 Å². The van der Waals surface area contributed by atoms with Gasteiger partial charge in [0.15, 0.2) is 5.78 Å². The standard InChI is InChI=1S/C12H12O2/c1-3-8-11(13)9-6-4-5-7-10(9)12(8)14-2/h3-7,12H,1-2H3/b8-3-/t12-/m1/s1. The number of ether oxygens (including phenoxy) is 1. The summed E-state index contributed by atoms with van der Waals surface area (Å²) in [6, 6.07) is 7.59. The molecular weight excluding hydrogens is 176 g/mol. The predicted molar refractivity (Wildman–Crippen MR) is 54.3 cm³/mol. The van der Waals surface area contributed by atoms with E-state index in [0.717, 1.165) is 16.7 Å². The van der Waals surface area contributed by atoms with Crippen molar-refractivity contribution >= 4 is 5.78 Å². The molecule has 2 rings (SSSR count). The number of hydrogen-bond acceptors (Lipinski definition) is 2. The zero-order valence-electron chi connectivity index (χ0n) is 8.28. The van der Waals surface area contributed by atoms with Crippen LogP contribution in [0.2, 0.25) is 0 Å². The van der Waals surface area contributed by atoms with Crippen LogP contribution in [0.1, 0.15) is 28.9 Å². The number of benzene rings is 1. The molecule has 0 heterocycles. The number of rotatable bonds is 1. The third kappa shape index (κ3) is 1.11. The molecular formula is C12H12O2. The molecule has 0 radical (unpaired) electrons. The van der Waals surface area contributed by atoms with Gasteiger partial charge >= 0.3 is 0 Å². The van der Waals surface area contributed by atoms with E-state index in [4.69, 9.17) is 4.74 Å². The van der Waals surface area contributed by atoms with Gasteiger partial charge in [0.1, 0.15) is 6.10 Å². The van der Waals surface area contributed by atoms with E-state index in [0.29, 0.717) is 0 Å². The number of ketones is 1. The summed E-state index contributed by atoms with van der Waals surface area (Å²) in [5, 5.41) is 0. The molecule has 0 spiro atoms. The molecule has 2 nitrogen and oxygen atoms in total. The minimum Gasteiger partial charge on any atom is -0.372 e. The minimum atomic E-state index is -0.177. The van der Waals surface area contributed by atoms with Gasteiger partial charge < -0.3 is 4.74 Å². The lowest BCUT2D eigenvalue weighted by Crippen LogP contribution is -2.01. The molecule has 0 saturated carbocycles. The Morgan fingerprint density at radius 3 is 2.71 bits per heavy atom. The van der Waals surface area contributed by atoms with Gasteiger partial charge in [-0.1, -0.05) is 30.3 Å². The van der Waals surface area contributed by atoms with Gasteiger partial charge in [-0.25, -0.2) is 0 Å². The van der Waals surface area contributed by atoms with E-state index < -0.39 is 0 Å². The highest BCUT2D eigenvalue weighted by molar-refractivity contribution is 6.13. The Morgan fingerprint density at radius 1 is 1.36 bits per heavy atom. The number of methoxy groups -OCH3 is 1. The fourth-order valence-corrected chi connectivity index (χ4v) is 1.91. The van der Waals surface area contributed by atoms with Gasteiger partial charge in [0, 0.05) is 18.2 Å². The molecule has 72 valence electrons. The molecule has 1 aromatic carbocycles. The van der Waals surface area contributed by atoms with E-state index >= 15 is 0 Å². The van der Waals surface area contributed by atoms with Gasteiger partial charge in [-0.15, -0.1) is 0 Å². The Morgan fingerprint density at radius 2 is 2.07 bits per heavy atom. The van der Waals surface area contributed by atoms with Crippen LogP contribution in [-0.2, 0) is 4.74 Å². The minimum absolute atomic E-state index is 0.0925. The molecule has 0 bridgehead atoms. The number of hydrogen-bond donors (Lipinski definition) is 0. The maximum absolute atomic E-state index is 11.8. The van der Waals surface area contributed by atoms with Crippen molar-refractivity contribution in [3.8, 4) is 0 Å². The Balaban J connectivity index is 2.60. The zero-order valence-corrected chi connectivity index (χ0v) is 8.28. The Hall–Kier alpha value is -1.41. The van der Waals surface area contributed by atoms with Gasteiger partial charge in [0.2, 0.25) is 0 Å². The first-order chi connectivity index (χ1) is 6.79. The van der Waals surface area contributed by atoms with Crippen molar-refractivity contribution in [3.63, 3.8) is 0 Å². The predicted octanol–water partition coefficient (Wildman–Crippen LogP) is 2.52. The van der Waals surface area contributed by atoms with Gasteiger partial charge in [-0.2, -0.15) is 0 Å². The zero-order chi connectivity index (χ0) is 10.1. The molecule has 0 aromatic heterocycles. The molecule has 1 aliphatic carbocycles. The Kier molecular flexibility index (Phi) is 2.22. The topological polar surface area (TPSA) is 26.3 Å². The molecule has 1 atom stereocenters. The SMILES string of the molecule is C/C=C1/C(=O)c2ccccc2[C@@H]1OC. The summed E-state index contributed by atoms with van der Waals surface area (Å²) in [4.78, 5) is 11.8. The summed E-state index contributed by atoms with van der Waals surface area (Å²) in [6.45, 7) is 1.87. The highest BCUT2D eigenvalue weighted by Gasteiger charge is 2.33. The fourth-order valence-electron chi connectivity index (χ4n) is 1.91. The number of allylic oxidation sites excluding steroid dienone is 1. The molecule has 0 N–H and O–H groups in total. The summed E-state index contributed by atoms with van der Waals surface area (Å²) >= 11 is 0. The molecule has 0 unspecified atom stereocenters. The molecule has 14 heavy (non-hydrogen) atoms. The number of fused-ring (bicyclic) bond motifs is 1. The fraction of sp³-hybridized carbons (Fsp3) is 0.250. The van der Waals surface area contributed by atoms with Crippen LogP contribution in [0.4, 0.5) is 0 Å². The van der Waals surface area contributed by atoms with Crippen LogP contribution in [0.3, 0.4) is 0 Å². The normalized spacial score (nSPS) is 22.9. The molecule has 0 aliphatic heterocycles. The summed E-state index contributed by atoms with van der Waals surface area (Å²) in [5.74, 6) is 0.0925. The molecule has 0 fully saturated rings. The van der Waals surface area contributed by atoms with Crippen LogP contribution in [0, 0.1) is 0 Å². The van der Waals surface area contributed by atoms with Crippen molar-refractivity contribution in [2.45, 2.75) is 13.0 Å². The smallest absolute Gasteiger partial charge is 0.192 e. The highest BCUT2D eigenvalue weighted by atomic mass is 16.5. The lowest BCUT2D eigenvalue weighted by Gasteiger charge is -2.09. The first-order valence-corrected chi connectivity index (χ1v) is 4.62. The molecule has 1 aliphatic rings. The van der Waals surface area contributed by atoms with Crippen molar-refractivity contribution in [2.75, 3.05) is 7.11 Å². The van der Waals surface area contributed by atoms with E-state index in [-0.39, 0.29) is 11.9 Å². The average Bonchev–Trinajstić information content (AvgIpc) is 2.51. The lowest BCUT2D eigenvalue weighted by molar-refractivity contribution is 0.0977. The van der Waals surface area contributed by atoms with Crippen molar-refractivity contribution in [3.05, 3.63) is 47.0 Å². The Labute approximate surface area is 83.2 Å². The van der Waals surface area contributed by atoms with E-state index in [1.54, 1.807) is 7.11 Å². The van der Waals surface area contributed by atoms with E-state index in [1.807, 2.05) is 37.3 Å². The maximum Gasteiger partial charge on any atom is 0.192 e. The maximum atomic E-state index is 11.8. The third-order valence-corrected chi connectivity index (χ3v) is 2.58. The molecule has 0 amide bonds. The largest absolute Gasteiger partial charge is 0.372 e. The number of Topliss-reactive ketones (excluding diaryl/α,β-unsaturated/α-hetero) is 1. The first kappa shape index (κ1) is 9.16. The first-order valence-electron chi connectivity index (χ1n) is 4.62. The van der Waals surface area contributed by atoms with Crippen LogP contribution in [0.15, 0.2) is 35.9 Å². The van der Waals surface area contributed by atoms with Crippen molar-refractivity contribution in [2.24, 2.45) is 0 Å². The van der Waals surface area contributed by atoms with Crippen LogP contribution in [0.25, 0.3) is 0 Å². The van der Waals surface area contributed by atoms with Crippen LogP contribution >= 0.6 is 0 Å². The Bertz CT molecular complexity index is 405. The van der Waals surface area contributed by atoms with Crippen molar-refractivity contribution in [1.29, 1.82) is 0 Å². The number of carbonyl (C=O) groups is 1. The van der Waals surface area contributed by atoms with E-state index in [1.165, 1.54) is 0 Å². The third-order valence-electron chi connectivity index (χ3n) is 2.58. The van der Waals surface area contributed by atoms with Crippen LogP contribution in [-0.4, -0.2) is 12.9 Å². The summed E-state index contributed by atoms with van der Waals surface area (Å²) in [5.41, 5.74) is 2.49. The van der Waals surface area contributed by atoms with E-state index in [9.17, 15) is 4.79 Å². The van der Waals surface area contributed by atoms with Crippen LogP contribution < -0.4 is 0 Å². The second-order valence-electron chi connectivity index (χ2n) is 3.28. The monoisotopic (exact) mass is 188 g/mol. The van der Waals surface area contributed by atoms with Gasteiger partial charge in [-0.05, 0) is 12.5 Å². The summed E-state index contributed by atoms with van der Waals surface area (Å²) < 4.78 is 5.32. The van der Waals surface area contributed by atoms with Gasteiger partial charge in [0.25, 0.3) is 0 Å². The summed E-state index contributed by atoms with van der Waals surface area (Å²) in [6.07, 6.45) is 1.65. The molecule has 0 saturated heterocycles. The molecule has 2 heteroatoms. The summed E-state index contributed by atoms with van der Waals surface area (Å²) in [7, 11) is 1.63. The second-order valence-corrected chi connectivity index (χ2v) is 3.28. The second kappa shape index (κ2) is 3.39. The highest BCUT2D eigenvalue weighted by Crippen LogP contribution is 2.37. The number of carbonyl (C=O) groups excluding carboxylic acids is 1. The van der Waals surface area contributed by atoms with Crippen molar-refractivity contribution < 1.29 is 9.53 Å². The quantitative estimate of drug-likeness (QED) is 0.633. The van der Waals surface area contributed by atoms with Gasteiger partial charge in [0.05, 0.1) is 0 Å². The lowest BCUT2D eigenvalue weighted by atomic mass is 10.1. The van der Waals surface area contributed by atoms with Crippen LogP contribution in [0.5, 0.6) is 0 Å². The van der Waals surface area contributed by atoms with Crippen molar-refractivity contribution in [1.82, 2.24) is 0 Å². The molecule has 1 aromatic rings. The van der Waals surface area contributed by atoms with E-state index in [2.05, 4.69) is 0 Å². The average molecular weight is 188 g/mol.